The van der Waals surface area contributed by atoms with E-state index in [0.29, 0.717) is 5.56 Å². The maximum atomic E-state index is 8.49. The zero-order valence-corrected chi connectivity index (χ0v) is 6.37. The molecule has 0 fully saturated rings. The van der Waals surface area contributed by atoms with Crippen molar-refractivity contribution in [2.75, 3.05) is 13.6 Å². The Balaban J connectivity index is 2.83. The Morgan fingerprint density at radius 1 is 1.67 bits per heavy atom. The first-order chi connectivity index (χ1) is 7.01. The lowest BCUT2D eigenvalue weighted by atomic mass is 10.2. The molecule has 0 aromatic heterocycles. The lowest BCUT2D eigenvalue weighted by Gasteiger charge is -1.97. The highest BCUT2D eigenvalue weighted by molar-refractivity contribution is 5.39. The van der Waals surface area contributed by atoms with Crippen LogP contribution in [-0.4, -0.2) is 18.8 Å². The van der Waals surface area contributed by atoms with E-state index in [0.717, 1.165) is 0 Å². The SMILES string of the molecule is [2H]C([2H])([2H])Oc1cccc(C#CCO)c1. The smallest absolute Gasteiger partial charge is 0.120 e. The lowest BCUT2D eigenvalue weighted by Crippen LogP contribution is -1.83. The fourth-order valence-electron chi connectivity index (χ4n) is 0.779. The fraction of sp³-hybridized carbons (Fsp3) is 0.200. The van der Waals surface area contributed by atoms with Gasteiger partial charge in [0.1, 0.15) is 12.4 Å². The second-order valence-electron chi connectivity index (χ2n) is 2.09. The van der Waals surface area contributed by atoms with Crippen molar-refractivity contribution >= 4 is 0 Å². The van der Waals surface area contributed by atoms with Crippen molar-refractivity contribution in [2.24, 2.45) is 0 Å². The Morgan fingerprint density at radius 2 is 2.58 bits per heavy atom. The number of hydrogen-bond acceptors (Lipinski definition) is 2. The highest BCUT2D eigenvalue weighted by atomic mass is 16.5. The molecule has 2 nitrogen and oxygen atoms in total. The Bertz CT molecular complexity index is 388. The van der Waals surface area contributed by atoms with Gasteiger partial charge in [-0.3, -0.25) is 0 Å². The molecule has 0 aliphatic rings. The molecule has 0 amide bonds. The number of hydrogen-bond donors (Lipinski definition) is 1. The second-order valence-corrected chi connectivity index (χ2v) is 2.09. The van der Waals surface area contributed by atoms with E-state index < -0.39 is 7.04 Å². The van der Waals surface area contributed by atoms with Gasteiger partial charge in [0.05, 0.1) is 11.2 Å². The van der Waals surface area contributed by atoms with E-state index in [4.69, 9.17) is 14.0 Å². The Hall–Kier alpha value is -1.46. The van der Waals surface area contributed by atoms with Gasteiger partial charge >= 0.3 is 0 Å². The average molecular weight is 165 g/mol. The van der Waals surface area contributed by atoms with Gasteiger partial charge in [0.15, 0.2) is 0 Å². The van der Waals surface area contributed by atoms with Crippen molar-refractivity contribution in [3.8, 4) is 17.6 Å². The maximum absolute atomic E-state index is 8.49. The van der Waals surface area contributed by atoms with Crippen molar-refractivity contribution in [1.29, 1.82) is 0 Å². The van der Waals surface area contributed by atoms with Crippen molar-refractivity contribution in [3.05, 3.63) is 29.8 Å². The van der Waals surface area contributed by atoms with Crippen LogP contribution in [0.3, 0.4) is 0 Å². The molecule has 0 aliphatic heterocycles. The van der Waals surface area contributed by atoms with Gasteiger partial charge in [-0.25, -0.2) is 0 Å². The van der Waals surface area contributed by atoms with Gasteiger partial charge in [-0.2, -0.15) is 0 Å². The summed E-state index contributed by atoms with van der Waals surface area (Å²) in [6.45, 7) is -0.232. The van der Waals surface area contributed by atoms with Gasteiger partial charge in [0.2, 0.25) is 0 Å². The summed E-state index contributed by atoms with van der Waals surface area (Å²) in [5.41, 5.74) is 0.603. The molecule has 12 heavy (non-hydrogen) atoms. The molecule has 1 aromatic rings. The third kappa shape index (κ3) is 2.30. The van der Waals surface area contributed by atoms with Gasteiger partial charge in [-0.1, -0.05) is 17.9 Å². The lowest BCUT2D eigenvalue weighted by molar-refractivity contribution is 0.350. The molecule has 2 heteroatoms. The molecule has 1 rings (SSSR count). The molecule has 0 heterocycles. The van der Waals surface area contributed by atoms with E-state index in [-0.39, 0.29) is 12.4 Å². The molecule has 0 bridgehead atoms. The maximum Gasteiger partial charge on any atom is 0.120 e. The largest absolute Gasteiger partial charge is 0.497 e. The monoisotopic (exact) mass is 165 g/mol. The summed E-state index contributed by atoms with van der Waals surface area (Å²) in [4.78, 5) is 0. The van der Waals surface area contributed by atoms with Gasteiger partial charge in [0, 0.05) is 5.56 Å². The molecule has 0 aliphatic carbocycles. The number of methoxy groups -OCH3 is 1. The summed E-state index contributed by atoms with van der Waals surface area (Å²) in [5.74, 6) is 5.36. The summed E-state index contributed by atoms with van der Waals surface area (Å²) < 4.78 is 25.4. The number of aliphatic hydroxyl groups excluding tert-OH is 1. The van der Waals surface area contributed by atoms with Gasteiger partial charge in [0.25, 0.3) is 0 Å². The third-order valence-corrected chi connectivity index (χ3v) is 1.26. The average Bonchev–Trinajstić information content (AvgIpc) is 2.12. The Kier molecular flexibility index (Phi) is 1.93. The van der Waals surface area contributed by atoms with Gasteiger partial charge < -0.3 is 9.84 Å². The van der Waals surface area contributed by atoms with Crippen LogP contribution in [0.4, 0.5) is 0 Å². The van der Waals surface area contributed by atoms with Crippen molar-refractivity contribution < 1.29 is 14.0 Å². The minimum atomic E-state index is -2.46. The predicted molar refractivity (Wildman–Crippen MR) is 47.0 cm³/mol. The molecule has 0 saturated carbocycles. The van der Waals surface area contributed by atoms with Crippen LogP contribution in [0.1, 0.15) is 9.68 Å². The van der Waals surface area contributed by atoms with E-state index in [1.807, 2.05) is 0 Å². The van der Waals surface area contributed by atoms with E-state index >= 15 is 0 Å². The van der Waals surface area contributed by atoms with Crippen molar-refractivity contribution in [1.82, 2.24) is 0 Å². The van der Waals surface area contributed by atoms with Crippen LogP contribution in [0.25, 0.3) is 0 Å². The molecule has 62 valence electrons. The Labute approximate surface area is 76.0 Å². The molecule has 0 radical (unpaired) electrons. The third-order valence-electron chi connectivity index (χ3n) is 1.26. The van der Waals surface area contributed by atoms with Crippen LogP contribution in [0, 0.1) is 11.8 Å². The van der Waals surface area contributed by atoms with E-state index in [1.165, 1.54) is 12.1 Å². The van der Waals surface area contributed by atoms with Crippen molar-refractivity contribution in [2.45, 2.75) is 0 Å². The quantitative estimate of drug-likeness (QED) is 0.630. The highest BCUT2D eigenvalue weighted by Gasteiger charge is 1.90. The number of benzene rings is 1. The minimum Gasteiger partial charge on any atom is -0.497 e. The summed E-state index contributed by atoms with van der Waals surface area (Å²) in [5, 5.41) is 8.49. The fourth-order valence-corrected chi connectivity index (χ4v) is 0.779. The summed E-state index contributed by atoms with van der Waals surface area (Å²) in [6.07, 6.45) is 0. The number of aliphatic hydroxyl groups is 1. The first-order valence-electron chi connectivity index (χ1n) is 4.90. The van der Waals surface area contributed by atoms with Gasteiger partial charge in [-0.15, -0.1) is 0 Å². The summed E-state index contributed by atoms with van der Waals surface area (Å²) in [6, 6.07) is 6.39. The van der Waals surface area contributed by atoms with Crippen LogP contribution < -0.4 is 4.74 Å². The van der Waals surface area contributed by atoms with E-state index in [2.05, 4.69) is 11.8 Å². The molecular formula is C10H10O2. The summed E-state index contributed by atoms with van der Waals surface area (Å²) >= 11 is 0. The minimum absolute atomic E-state index is 0.232. The van der Waals surface area contributed by atoms with E-state index in [1.54, 1.807) is 12.1 Å². The van der Waals surface area contributed by atoms with E-state index in [9.17, 15) is 0 Å². The topological polar surface area (TPSA) is 29.5 Å². The highest BCUT2D eigenvalue weighted by Crippen LogP contribution is 2.10. The molecule has 1 aromatic carbocycles. The molecule has 0 spiro atoms. The molecule has 0 atom stereocenters. The van der Waals surface area contributed by atoms with Gasteiger partial charge in [-0.05, 0) is 18.2 Å². The van der Waals surface area contributed by atoms with Crippen LogP contribution >= 0.6 is 0 Å². The van der Waals surface area contributed by atoms with Crippen LogP contribution in [0.15, 0.2) is 24.3 Å². The van der Waals surface area contributed by atoms with Crippen LogP contribution in [-0.2, 0) is 0 Å². The molecular weight excluding hydrogens is 152 g/mol. The zero-order valence-electron chi connectivity index (χ0n) is 9.37. The predicted octanol–water partition coefficient (Wildman–Crippen LogP) is 1.04. The molecule has 0 unspecified atom stereocenters. The second kappa shape index (κ2) is 4.42. The first-order valence-corrected chi connectivity index (χ1v) is 3.40. The van der Waals surface area contributed by atoms with Crippen LogP contribution in [0.5, 0.6) is 5.75 Å². The zero-order chi connectivity index (χ0) is 11.3. The van der Waals surface area contributed by atoms with Crippen LogP contribution in [0.2, 0.25) is 0 Å². The normalized spacial score (nSPS) is 13.2. The first kappa shape index (κ1) is 5.23. The number of ether oxygens (including phenoxy) is 1. The number of rotatable bonds is 1. The standard InChI is InChI=1S/C10H10O2/c1-12-10-6-2-4-9(8-10)5-3-7-11/h2,4,6,8,11H,7H2,1H3/i1D3. The molecule has 0 saturated heterocycles. The Morgan fingerprint density at radius 3 is 3.33 bits per heavy atom. The molecule has 1 N–H and O–H groups in total. The van der Waals surface area contributed by atoms with Crippen molar-refractivity contribution in [3.63, 3.8) is 0 Å². The summed E-state index contributed by atoms with van der Waals surface area (Å²) in [7, 11) is -2.46.